The van der Waals surface area contributed by atoms with Crippen LogP contribution < -0.4 is 10.6 Å². The minimum absolute atomic E-state index is 0.545. The second-order valence-electron chi connectivity index (χ2n) is 3.58. The molecule has 78 valence electrons. The van der Waals surface area contributed by atoms with Crippen LogP contribution >= 0.6 is 0 Å². The van der Waals surface area contributed by atoms with Crippen LogP contribution in [0, 0.1) is 0 Å². The summed E-state index contributed by atoms with van der Waals surface area (Å²) in [6, 6.07) is 11.0. The molecular formula is C12H20N2. The number of hydrogen-bond acceptors (Lipinski definition) is 2. The summed E-state index contributed by atoms with van der Waals surface area (Å²) in [6.07, 6.45) is 0. The molecule has 14 heavy (non-hydrogen) atoms. The Kier molecular flexibility index (Phi) is 5.27. The lowest BCUT2D eigenvalue weighted by molar-refractivity contribution is 0.514. The average molecular weight is 192 g/mol. The Hall–Kier alpha value is -0.860. The van der Waals surface area contributed by atoms with Crippen LogP contribution in [0.15, 0.2) is 30.3 Å². The van der Waals surface area contributed by atoms with Crippen molar-refractivity contribution in [3.8, 4) is 0 Å². The Labute approximate surface area is 86.7 Å². The molecular weight excluding hydrogens is 172 g/mol. The van der Waals surface area contributed by atoms with Gasteiger partial charge in [0.1, 0.15) is 0 Å². The first-order valence-electron chi connectivity index (χ1n) is 5.31. The Morgan fingerprint density at radius 2 is 1.93 bits per heavy atom. The van der Waals surface area contributed by atoms with Gasteiger partial charge in [0.2, 0.25) is 0 Å². The van der Waals surface area contributed by atoms with E-state index < -0.39 is 0 Å². The Bertz CT molecular complexity index is 233. The molecule has 0 amide bonds. The third kappa shape index (κ3) is 4.40. The molecule has 1 atom stereocenters. The zero-order valence-corrected chi connectivity index (χ0v) is 9.09. The fourth-order valence-corrected chi connectivity index (χ4v) is 1.45. The van der Waals surface area contributed by atoms with E-state index in [1.807, 2.05) is 6.07 Å². The van der Waals surface area contributed by atoms with Crippen molar-refractivity contribution in [2.24, 2.45) is 0 Å². The smallest absolute Gasteiger partial charge is 0.0206 e. The van der Waals surface area contributed by atoms with Gasteiger partial charge >= 0.3 is 0 Å². The molecule has 0 aromatic heterocycles. The summed E-state index contributed by atoms with van der Waals surface area (Å²) >= 11 is 0. The fourth-order valence-electron chi connectivity index (χ4n) is 1.45. The molecule has 1 aromatic carbocycles. The summed E-state index contributed by atoms with van der Waals surface area (Å²) in [7, 11) is 0. The lowest BCUT2D eigenvalue weighted by atomic mass is 10.2. The van der Waals surface area contributed by atoms with Gasteiger partial charge in [-0.25, -0.2) is 0 Å². The molecule has 0 radical (unpaired) electrons. The van der Waals surface area contributed by atoms with Gasteiger partial charge in [-0.15, -0.1) is 0 Å². The van der Waals surface area contributed by atoms with E-state index in [2.05, 4.69) is 48.7 Å². The molecule has 0 spiro atoms. The summed E-state index contributed by atoms with van der Waals surface area (Å²) in [5, 5.41) is 6.79. The number of benzene rings is 1. The second-order valence-corrected chi connectivity index (χ2v) is 3.58. The average Bonchev–Trinajstić information content (AvgIpc) is 2.20. The zero-order chi connectivity index (χ0) is 10.2. The van der Waals surface area contributed by atoms with Gasteiger partial charge in [0.15, 0.2) is 0 Å². The van der Waals surface area contributed by atoms with Crippen molar-refractivity contribution in [3.05, 3.63) is 35.9 Å². The molecule has 2 N–H and O–H groups in total. The molecule has 1 rings (SSSR count). The van der Waals surface area contributed by atoms with Gasteiger partial charge < -0.3 is 10.6 Å². The molecule has 0 bridgehead atoms. The Morgan fingerprint density at radius 3 is 2.57 bits per heavy atom. The van der Waals surface area contributed by atoms with Crippen molar-refractivity contribution in [2.75, 3.05) is 13.1 Å². The maximum absolute atomic E-state index is 3.42. The van der Waals surface area contributed by atoms with Gasteiger partial charge in [-0.05, 0) is 19.0 Å². The Morgan fingerprint density at radius 1 is 1.21 bits per heavy atom. The van der Waals surface area contributed by atoms with Crippen molar-refractivity contribution < 1.29 is 0 Å². The minimum atomic E-state index is 0.545. The van der Waals surface area contributed by atoms with E-state index in [9.17, 15) is 0 Å². The highest BCUT2D eigenvalue weighted by Gasteiger charge is 1.97. The normalized spacial score (nSPS) is 12.7. The monoisotopic (exact) mass is 192 g/mol. The molecule has 0 aliphatic rings. The van der Waals surface area contributed by atoms with Crippen LogP contribution in [0.1, 0.15) is 19.4 Å². The van der Waals surface area contributed by atoms with E-state index in [0.29, 0.717) is 6.04 Å². The molecule has 2 heteroatoms. The number of rotatable bonds is 6. The van der Waals surface area contributed by atoms with Crippen LogP contribution in [0.2, 0.25) is 0 Å². The van der Waals surface area contributed by atoms with Crippen LogP contribution in [-0.2, 0) is 6.54 Å². The molecule has 2 nitrogen and oxygen atoms in total. The Balaban J connectivity index is 2.16. The molecule has 0 saturated heterocycles. The molecule has 0 aliphatic heterocycles. The van der Waals surface area contributed by atoms with E-state index in [-0.39, 0.29) is 0 Å². The summed E-state index contributed by atoms with van der Waals surface area (Å²) in [6.45, 7) is 7.34. The number of hydrogen-bond donors (Lipinski definition) is 2. The molecule has 1 unspecified atom stereocenters. The van der Waals surface area contributed by atoms with Crippen molar-refractivity contribution in [3.63, 3.8) is 0 Å². The molecule has 0 heterocycles. The van der Waals surface area contributed by atoms with Gasteiger partial charge in [0.25, 0.3) is 0 Å². The van der Waals surface area contributed by atoms with Gasteiger partial charge in [0, 0.05) is 19.1 Å². The SMILES string of the molecule is CCNC(C)CNCc1ccccc1. The maximum Gasteiger partial charge on any atom is 0.0206 e. The minimum Gasteiger partial charge on any atom is -0.313 e. The third-order valence-corrected chi connectivity index (χ3v) is 2.18. The predicted molar refractivity (Wildman–Crippen MR) is 61.3 cm³/mol. The standard InChI is InChI=1S/C12H20N2/c1-3-14-11(2)9-13-10-12-7-5-4-6-8-12/h4-8,11,13-14H,3,9-10H2,1-2H3. The lowest BCUT2D eigenvalue weighted by Gasteiger charge is -2.12. The van der Waals surface area contributed by atoms with Gasteiger partial charge in [-0.2, -0.15) is 0 Å². The van der Waals surface area contributed by atoms with E-state index in [0.717, 1.165) is 19.6 Å². The van der Waals surface area contributed by atoms with E-state index in [1.165, 1.54) is 5.56 Å². The zero-order valence-electron chi connectivity index (χ0n) is 9.09. The predicted octanol–water partition coefficient (Wildman–Crippen LogP) is 1.77. The summed E-state index contributed by atoms with van der Waals surface area (Å²) < 4.78 is 0. The quantitative estimate of drug-likeness (QED) is 0.718. The van der Waals surface area contributed by atoms with Gasteiger partial charge in [0.05, 0.1) is 0 Å². The first-order chi connectivity index (χ1) is 6.83. The van der Waals surface area contributed by atoms with E-state index >= 15 is 0 Å². The van der Waals surface area contributed by atoms with Crippen LogP contribution in [-0.4, -0.2) is 19.1 Å². The highest BCUT2D eigenvalue weighted by molar-refractivity contribution is 5.14. The highest BCUT2D eigenvalue weighted by atomic mass is 15.0. The van der Waals surface area contributed by atoms with Crippen molar-refractivity contribution in [1.82, 2.24) is 10.6 Å². The summed E-state index contributed by atoms with van der Waals surface area (Å²) in [4.78, 5) is 0. The molecule has 0 fully saturated rings. The third-order valence-electron chi connectivity index (χ3n) is 2.18. The van der Waals surface area contributed by atoms with Crippen LogP contribution in [0.25, 0.3) is 0 Å². The number of likely N-dealkylation sites (N-methyl/N-ethyl adjacent to an activating group) is 1. The lowest BCUT2D eigenvalue weighted by Crippen LogP contribution is -2.35. The van der Waals surface area contributed by atoms with E-state index in [1.54, 1.807) is 0 Å². The second kappa shape index (κ2) is 6.57. The number of nitrogens with one attached hydrogen (secondary N) is 2. The first kappa shape index (κ1) is 11.2. The molecule has 0 aliphatic carbocycles. The first-order valence-corrected chi connectivity index (χ1v) is 5.31. The van der Waals surface area contributed by atoms with Crippen molar-refractivity contribution >= 4 is 0 Å². The fraction of sp³-hybridized carbons (Fsp3) is 0.500. The van der Waals surface area contributed by atoms with E-state index in [4.69, 9.17) is 0 Å². The topological polar surface area (TPSA) is 24.1 Å². The summed E-state index contributed by atoms with van der Waals surface area (Å²) in [5.74, 6) is 0. The molecule has 0 saturated carbocycles. The van der Waals surface area contributed by atoms with Crippen molar-refractivity contribution in [2.45, 2.75) is 26.4 Å². The van der Waals surface area contributed by atoms with Crippen molar-refractivity contribution in [1.29, 1.82) is 0 Å². The molecule has 1 aromatic rings. The van der Waals surface area contributed by atoms with Crippen LogP contribution in [0.5, 0.6) is 0 Å². The maximum atomic E-state index is 3.42. The van der Waals surface area contributed by atoms with Gasteiger partial charge in [-0.3, -0.25) is 0 Å². The van der Waals surface area contributed by atoms with Gasteiger partial charge in [-0.1, -0.05) is 37.3 Å². The van der Waals surface area contributed by atoms with Crippen LogP contribution in [0.3, 0.4) is 0 Å². The summed E-state index contributed by atoms with van der Waals surface area (Å²) in [5.41, 5.74) is 1.34. The highest BCUT2D eigenvalue weighted by Crippen LogP contribution is 1.96. The van der Waals surface area contributed by atoms with Crippen LogP contribution in [0.4, 0.5) is 0 Å². The largest absolute Gasteiger partial charge is 0.313 e.